The van der Waals surface area contributed by atoms with Crippen LogP contribution >= 0.6 is 0 Å². The Hall–Kier alpha value is -2.68. The Morgan fingerprint density at radius 3 is 2.47 bits per heavy atom. The smallest absolute Gasteiger partial charge is 0.392 e. The van der Waals surface area contributed by atoms with E-state index in [9.17, 15) is 26.4 Å². The van der Waals surface area contributed by atoms with E-state index in [4.69, 9.17) is 9.88 Å². The third-order valence-electron chi connectivity index (χ3n) is 4.33. The summed E-state index contributed by atoms with van der Waals surface area (Å²) in [5, 5.41) is 5.38. The molecule has 2 aromatic carbocycles. The van der Waals surface area contributed by atoms with Gasteiger partial charge in [0.25, 0.3) is 5.91 Å². The number of rotatable bonds is 7. The normalized spacial score (nSPS) is 15.2. The highest BCUT2D eigenvalue weighted by Gasteiger charge is 2.27. The number of nitrogens with two attached hydrogens (primary N) is 1. The number of alkyl halides is 3. The SMILES string of the molecule is NS(=O)c1ccccc1S(=O)NC(=O)c1ccc(C#CC2CC2)c(OCCC(F)(F)F)c1. The zero-order valence-corrected chi connectivity index (χ0v) is 18.2. The third-order valence-corrected chi connectivity index (χ3v) is 6.37. The van der Waals surface area contributed by atoms with Crippen LogP contribution in [0.2, 0.25) is 0 Å². The zero-order valence-electron chi connectivity index (χ0n) is 16.6. The van der Waals surface area contributed by atoms with E-state index in [0.717, 1.165) is 12.8 Å². The van der Waals surface area contributed by atoms with E-state index in [1.54, 1.807) is 12.1 Å². The van der Waals surface area contributed by atoms with Crippen LogP contribution in [0.5, 0.6) is 5.75 Å². The number of amides is 1. The van der Waals surface area contributed by atoms with Crippen LogP contribution < -0.4 is 14.6 Å². The van der Waals surface area contributed by atoms with Crippen LogP contribution in [0.1, 0.15) is 35.2 Å². The summed E-state index contributed by atoms with van der Waals surface area (Å²) in [6, 6.07) is 10.1. The van der Waals surface area contributed by atoms with Gasteiger partial charge in [0, 0.05) is 11.5 Å². The number of benzene rings is 2. The summed E-state index contributed by atoms with van der Waals surface area (Å²) in [6.45, 7) is -0.631. The lowest BCUT2D eigenvalue weighted by Crippen LogP contribution is -2.27. The number of halogens is 3. The van der Waals surface area contributed by atoms with E-state index >= 15 is 0 Å². The van der Waals surface area contributed by atoms with Crippen molar-refractivity contribution < 1.29 is 31.1 Å². The lowest BCUT2D eigenvalue weighted by Gasteiger charge is -2.12. The fourth-order valence-electron chi connectivity index (χ4n) is 2.54. The Morgan fingerprint density at radius 2 is 1.84 bits per heavy atom. The standard InChI is InChI=1S/C21H19F3N2O4S2/c22-21(23,24)11-12-30-17-13-16(10-9-15(17)8-7-14-5-6-14)20(27)26-32(29)19-4-2-1-3-18(19)31(25)28/h1-4,9-10,13-14H,5-6,11-12,25H2,(H,26,27). The summed E-state index contributed by atoms with van der Waals surface area (Å²) in [7, 11) is -3.98. The lowest BCUT2D eigenvalue weighted by atomic mass is 10.1. The van der Waals surface area contributed by atoms with Gasteiger partial charge in [0.05, 0.1) is 28.4 Å². The molecule has 32 heavy (non-hydrogen) atoms. The first-order valence-electron chi connectivity index (χ1n) is 9.47. The molecule has 1 saturated carbocycles. The lowest BCUT2D eigenvalue weighted by molar-refractivity contribution is -0.139. The molecule has 0 bridgehead atoms. The first kappa shape index (κ1) is 24.0. The van der Waals surface area contributed by atoms with Crippen LogP contribution in [0.3, 0.4) is 0 Å². The van der Waals surface area contributed by atoms with E-state index in [2.05, 4.69) is 16.6 Å². The van der Waals surface area contributed by atoms with Gasteiger partial charge in [-0.05, 0) is 43.2 Å². The molecule has 3 rings (SSSR count). The van der Waals surface area contributed by atoms with Gasteiger partial charge in [0.15, 0.2) is 11.0 Å². The third kappa shape index (κ3) is 6.91. The molecular weight excluding hydrogens is 465 g/mol. The molecule has 0 spiro atoms. The summed E-state index contributed by atoms with van der Waals surface area (Å²) in [4.78, 5) is 12.8. The first-order chi connectivity index (χ1) is 15.1. The van der Waals surface area contributed by atoms with Crippen molar-refractivity contribution in [1.29, 1.82) is 0 Å². The van der Waals surface area contributed by atoms with Gasteiger partial charge in [-0.25, -0.2) is 13.6 Å². The molecule has 6 nitrogen and oxygen atoms in total. The Balaban J connectivity index is 1.79. The molecule has 1 amide bonds. The van der Waals surface area contributed by atoms with Crippen LogP contribution in [0.25, 0.3) is 0 Å². The zero-order chi connectivity index (χ0) is 23.3. The van der Waals surface area contributed by atoms with Crippen molar-refractivity contribution in [1.82, 2.24) is 4.72 Å². The van der Waals surface area contributed by atoms with E-state index in [1.165, 1.54) is 30.3 Å². The minimum atomic E-state index is -4.39. The molecule has 11 heteroatoms. The van der Waals surface area contributed by atoms with Crippen molar-refractivity contribution in [3.05, 3.63) is 53.6 Å². The number of nitrogens with one attached hydrogen (secondary N) is 1. The van der Waals surface area contributed by atoms with Crippen LogP contribution in [0.4, 0.5) is 13.2 Å². The molecule has 2 atom stereocenters. The molecule has 0 radical (unpaired) electrons. The molecule has 1 fully saturated rings. The number of carbonyl (C=O) groups is 1. The topological polar surface area (TPSA) is 98.5 Å². The molecule has 0 heterocycles. The maximum atomic E-state index is 12.6. The molecule has 0 saturated heterocycles. The maximum Gasteiger partial charge on any atom is 0.392 e. The monoisotopic (exact) mass is 484 g/mol. The second-order valence-corrected chi connectivity index (χ2v) is 9.13. The highest BCUT2D eigenvalue weighted by molar-refractivity contribution is 7.86. The Bertz CT molecular complexity index is 1120. The van der Waals surface area contributed by atoms with Gasteiger partial charge in [-0.15, -0.1) is 0 Å². The fourth-order valence-corrected chi connectivity index (χ4v) is 4.34. The highest BCUT2D eigenvalue weighted by atomic mass is 32.2. The second kappa shape index (κ2) is 10.3. The molecule has 3 N–H and O–H groups in total. The van der Waals surface area contributed by atoms with Crippen molar-refractivity contribution in [2.75, 3.05) is 6.61 Å². The van der Waals surface area contributed by atoms with Crippen LogP contribution in [0, 0.1) is 17.8 Å². The predicted octanol–water partition coefficient (Wildman–Crippen LogP) is 3.21. The van der Waals surface area contributed by atoms with Gasteiger partial charge in [-0.3, -0.25) is 9.52 Å². The summed E-state index contributed by atoms with van der Waals surface area (Å²) in [5.74, 6) is 5.41. The van der Waals surface area contributed by atoms with Crippen LogP contribution in [0.15, 0.2) is 52.3 Å². The quantitative estimate of drug-likeness (QED) is 0.590. The average molecular weight is 485 g/mol. The van der Waals surface area contributed by atoms with Gasteiger partial charge in [-0.2, -0.15) is 13.2 Å². The minimum absolute atomic E-state index is 0.0173. The first-order valence-corrected chi connectivity index (χ1v) is 11.8. The van der Waals surface area contributed by atoms with Gasteiger partial charge >= 0.3 is 6.18 Å². The molecule has 0 aliphatic heterocycles. The fraction of sp³-hybridized carbons (Fsp3) is 0.286. The molecule has 170 valence electrons. The number of carbonyl (C=O) groups excluding carboxylic acids is 1. The van der Waals surface area contributed by atoms with Crippen molar-refractivity contribution in [2.45, 2.75) is 35.2 Å². The molecule has 1 aliphatic carbocycles. The maximum absolute atomic E-state index is 12.6. The molecule has 1 aliphatic rings. The Labute approximate surface area is 187 Å². The van der Waals surface area contributed by atoms with Gasteiger partial charge in [-0.1, -0.05) is 24.0 Å². The molecule has 0 aromatic heterocycles. The minimum Gasteiger partial charge on any atom is -0.492 e. The van der Waals surface area contributed by atoms with Gasteiger partial charge < -0.3 is 4.74 Å². The summed E-state index contributed by atoms with van der Waals surface area (Å²) in [6.07, 6.45) is -3.60. The molecular formula is C21H19F3N2O4S2. The van der Waals surface area contributed by atoms with Crippen molar-refractivity contribution in [3.63, 3.8) is 0 Å². The largest absolute Gasteiger partial charge is 0.492 e. The Kier molecular flexibility index (Phi) is 7.71. The summed E-state index contributed by atoms with van der Waals surface area (Å²) >= 11 is 0. The van der Waals surface area contributed by atoms with Crippen molar-refractivity contribution in [2.24, 2.45) is 11.1 Å². The van der Waals surface area contributed by atoms with Crippen LogP contribution in [-0.2, 0) is 22.0 Å². The van der Waals surface area contributed by atoms with E-state index in [-0.39, 0.29) is 27.0 Å². The Morgan fingerprint density at radius 1 is 1.16 bits per heavy atom. The number of hydrogen-bond acceptors (Lipinski definition) is 4. The highest BCUT2D eigenvalue weighted by Crippen LogP contribution is 2.29. The van der Waals surface area contributed by atoms with E-state index < -0.39 is 47.1 Å². The van der Waals surface area contributed by atoms with Crippen LogP contribution in [-0.4, -0.2) is 27.1 Å². The number of hydrogen-bond donors (Lipinski definition) is 2. The van der Waals surface area contributed by atoms with Crippen molar-refractivity contribution in [3.8, 4) is 17.6 Å². The number of ether oxygens (including phenoxy) is 1. The summed E-state index contributed by atoms with van der Waals surface area (Å²) < 4.78 is 69.2. The van der Waals surface area contributed by atoms with Crippen molar-refractivity contribution >= 4 is 27.9 Å². The van der Waals surface area contributed by atoms with Gasteiger partial charge in [0.1, 0.15) is 16.7 Å². The summed E-state index contributed by atoms with van der Waals surface area (Å²) in [5.41, 5.74) is 0.379. The molecule has 2 unspecified atom stereocenters. The molecule has 2 aromatic rings. The second-order valence-electron chi connectivity index (χ2n) is 6.91. The predicted molar refractivity (Wildman–Crippen MR) is 113 cm³/mol. The average Bonchev–Trinajstić information content (AvgIpc) is 3.56. The van der Waals surface area contributed by atoms with Gasteiger partial charge in [0.2, 0.25) is 0 Å². The van der Waals surface area contributed by atoms with E-state index in [0.29, 0.717) is 5.56 Å². The van der Waals surface area contributed by atoms with E-state index in [1.807, 2.05) is 0 Å².